The van der Waals surface area contributed by atoms with Gasteiger partial charge in [0.25, 0.3) is 0 Å². The van der Waals surface area contributed by atoms with E-state index >= 15 is 0 Å². The van der Waals surface area contributed by atoms with E-state index in [1.54, 1.807) is 12.4 Å². The molecule has 1 heterocycles. The Bertz CT molecular complexity index is 686. The summed E-state index contributed by atoms with van der Waals surface area (Å²) >= 11 is 0. The van der Waals surface area contributed by atoms with E-state index < -0.39 is 18.1 Å². The standard InChI is InChI=1S/C19H22N2O4/c1-2-3-11-25-19(24)21-17(18(22)23)12-14-6-8-15(9-7-14)16-5-4-10-20-13-16/h4-10,13,17H,2-3,11-12H2,1H3,(H,21,24)(H,22,23). The van der Waals surface area contributed by atoms with Crippen LogP contribution in [-0.2, 0) is 16.0 Å². The number of hydrogen-bond acceptors (Lipinski definition) is 4. The van der Waals surface area contributed by atoms with Crippen molar-refractivity contribution in [1.82, 2.24) is 10.3 Å². The van der Waals surface area contributed by atoms with Crippen LogP contribution in [0.2, 0.25) is 0 Å². The molecule has 0 saturated heterocycles. The lowest BCUT2D eigenvalue weighted by molar-refractivity contribution is -0.139. The zero-order chi connectivity index (χ0) is 18.1. The number of ether oxygens (including phenoxy) is 1. The van der Waals surface area contributed by atoms with Gasteiger partial charge in [0.1, 0.15) is 6.04 Å². The molecule has 0 aliphatic heterocycles. The number of rotatable bonds is 8. The van der Waals surface area contributed by atoms with Crippen LogP contribution in [0.5, 0.6) is 0 Å². The summed E-state index contributed by atoms with van der Waals surface area (Å²) in [6.07, 6.45) is 4.61. The monoisotopic (exact) mass is 342 g/mol. The Balaban J connectivity index is 1.97. The lowest BCUT2D eigenvalue weighted by Gasteiger charge is -2.15. The summed E-state index contributed by atoms with van der Waals surface area (Å²) in [5, 5.41) is 11.7. The summed E-state index contributed by atoms with van der Waals surface area (Å²) in [6.45, 7) is 2.27. The maximum absolute atomic E-state index is 11.7. The summed E-state index contributed by atoms with van der Waals surface area (Å²) in [6, 6.07) is 10.3. The highest BCUT2D eigenvalue weighted by atomic mass is 16.5. The summed E-state index contributed by atoms with van der Waals surface area (Å²) in [4.78, 5) is 27.1. The molecule has 1 amide bonds. The molecule has 0 radical (unpaired) electrons. The maximum Gasteiger partial charge on any atom is 0.407 e. The fourth-order valence-corrected chi connectivity index (χ4v) is 2.30. The number of pyridine rings is 1. The normalized spacial score (nSPS) is 11.6. The van der Waals surface area contributed by atoms with Crippen molar-refractivity contribution in [3.63, 3.8) is 0 Å². The average Bonchev–Trinajstić information content (AvgIpc) is 2.62. The average molecular weight is 342 g/mol. The number of amides is 1. The van der Waals surface area contributed by atoms with Crippen LogP contribution >= 0.6 is 0 Å². The van der Waals surface area contributed by atoms with Crippen LogP contribution in [-0.4, -0.2) is 34.8 Å². The van der Waals surface area contributed by atoms with Gasteiger partial charge in [-0.05, 0) is 29.2 Å². The van der Waals surface area contributed by atoms with Crippen molar-refractivity contribution in [2.75, 3.05) is 6.61 Å². The number of aliphatic carboxylic acids is 1. The van der Waals surface area contributed by atoms with E-state index in [0.717, 1.165) is 29.5 Å². The van der Waals surface area contributed by atoms with Crippen LogP contribution in [0.3, 0.4) is 0 Å². The molecule has 1 atom stereocenters. The number of carbonyl (C=O) groups excluding carboxylic acids is 1. The number of nitrogens with one attached hydrogen (secondary N) is 1. The Morgan fingerprint density at radius 3 is 2.56 bits per heavy atom. The van der Waals surface area contributed by atoms with E-state index in [9.17, 15) is 14.7 Å². The number of unbranched alkanes of at least 4 members (excludes halogenated alkanes) is 1. The second kappa shape index (κ2) is 9.42. The van der Waals surface area contributed by atoms with Gasteiger partial charge in [-0.2, -0.15) is 0 Å². The number of carboxylic acid groups (broad SMARTS) is 1. The molecule has 25 heavy (non-hydrogen) atoms. The Labute approximate surface area is 146 Å². The highest BCUT2D eigenvalue weighted by Crippen LogP contribution is 2.19. The molecule has 0 aliphatic rings. The molecule has 6 heteroatoms. The number of aromatic nitrogens is 1. The number of alkyl carbamates (subject to hydrolysis) is 1. The van der Waals surface area contributed by atoms with Crippen LogP contribution in [0.4, 0.5) is 4.79 Å². The fraction of sp³-hybridized carbons (Fsp3) is 0.316. The minimum absolute atomic E-state index is 0.186. The van der Waals surface area contributed by atoms with E-state index in [1.807, 2.05) is 43.3 Å². The highest BCUT2D eigenvalue weighted by Gasteiger charge is 2.21. The molecule has 1 aromatic heterocycles. The first kappa shape index (κ1) is 18.4. The molecule has 0 spiro atoms. The number of hydrogen-bond donors (Lipinski definition) is 2. The summed E-state index contributed by atoms with van der Waals surface area (Å²) in [7, 11) is 0. The van der Waals surface area contributed by atoms with Gasteiger partial charge in [-0.15, -0.1) is 0 Å². The first-order chi connectivity index (χ1) is 12.1. The third kappa shape index (κ3) is 5.91. The zero-order valence-electron chi connectivity index (χ0n) is 14.1. The van der Waals surface area contributed by atoms with Gasteiger partial charge in [-0.1, -0.05) is 43.7 Å². The van der Waals surface area contributed by atoms with Gasteiger partial charge < -0.3 is 15.2 Å². The van der Waals surface area contributed by atoms with Crippen molar-refractivity contribution >= 4 is 12.1 Å². The van der Waals surface area contributed by atoms with Crippen molar-refractivity contribution < 1.29 is 19.4 Å². The molecule has 6 nitrogen and oxygen atoms in total. The lowest BCUT2D eigenvalue weighted by atomic mass is 10.0. The van der Waals surface area contributed by atoms with Gasteiger partial charge in [0, 0.05) is 18.8 Å². The molecule has 0 bridgehead atoms. The molecule has 2 rings (SSSR count). The molecule has 0 fully saturated rings. The topological polar surface area (TPSA) is 88.5 Å². The van der Waals surface area contributed by atoms with Crippen molar-refractivity contribution in [3.8, 4) is 11.1 Å². The lowest BCUT2D eigenvalue weighted by Crippen LogP contribution is -2.42. The molecule has 1 unspecified atom stereocenters. The number of carboxylic acids is 1. The quantitative estimate of drug-likeness (QED) is 0.719. The fourth-order valence-electron chi connectivity index (χ4n) is 2.30. The second-order valence-corrected chi connectivity index (χ2v) is 5.67. The highest BCUT2D eigenvalue weighted by molar-refractivity contribution is 5.80. The van der Waals surface area contributed by atoms with Crippen LogP contribution in [0, 0.1) is 0 Å². The van der Waals surface area contributed by atoms with Gasteiger partial charge in [-0.25, -0.2) is 9.59 Å². The van der Waals surface area contributed by atoms with Crippen LogP contribution in [0.15, 0.2) is 48.8 Å². The first-order valence-corrected chi connectivity index (χ1v) is 8.25. The summed E-state index contributed by atoms with van der Waals surface area (Å²) in [5.74, 6) is -1.09. The van der Waals surface area contributed by atoms with E-state index in [4.69, 9.17) is 4.74 Å². The van der Waals surface area contributed by atoms with E-state index in [0.29, 0.717) is 0 Å². The van der Waals surface area contributed by atoms with Crippen molar-refractivity contribution in [1.29, 1.82) is 0 Å². The van der Waals surface area contributed by atoms with Gasteiger partial charge in [0.2, 0.25) is 0 Å². The minimum Gasteiger partial charge on any atom is -0.480 e. The van der Waals surface area contributed by atoms with Crippen molar-refractivity contribution in [2.45, 2.75) is 32.2 Å². The minimum atomic E-state index is -1.09. The van der Waals surface area contributed by atoms with Gasteiger partial charge in [0.05, 0.1) is 6.61 Å². The molecule has 132 valence electrons. The van der Waals surface area contributed by atoms with Crippen molar-refractivity contribution in [2.24, 2.45) is 0 Å². The number of carbonyl (C=O) groups is 2. The van der Waals surface area contributed by atoms with Crippen molar-refractivity contribution in [3.05, 3.63) is 54.4 Å². The molecule has 0 aliphatic carbocycles. The SMILES string of the molecule is CCCCOC(=O)NC(Cc1ccc(-c2cccnc2)cc1)C(=O)O. The Kier molecular flexibility index (Phi) is 6.95. The molecular formula is C19H22N2O4. The Morgan fingerprint density at radius 2 is 1.96 bits per heavy atom. The maximum atomic E-state index is 11.7. The predicted molar refractivity (Wildman–Crippen MR) is 94.2 cm³/mol. The second-order valence-electron chi connectivity index (χ2n) is 5.67. The smallest absolute Gasteiger partial charge is 0.407 e. The summed E-state index contributed by atoms with van der Waals surface area (Å²) < 4.78 is 4.96. The molecule has 2 N–H and O–H groups in total. The number of nitrogens with zero attached hydrogens (tertiary/aromatic N) is 1. The molecule has 2 aromatic rings. The summed E-state index contributed by atoms with van der Waals surface area (Å²) in [5.41, 5.74) is 2.80. The van der Waals surface area contributed by atoms with Crippen LogP contribution < -0.4 is 5.32 Å². The molecule has 0 saturated carbocycles. The van der Waals surface area contributed by atoms with Crippen LogP contribution in [0.25, 0.3) is 11.1 Å². The number of benzene rings is 1. The predicted octanol–water partition coefficient (Wildman–Crippen LogP) is 3.27. The largest absolute Gasteiger partial charge is 0.480 e. The van der Waals surface area contributed by atoms with Gasteiger partial charge in [-0.3, -0.25) is 4.98 Å². The van der Waals surface area contributed by atoms with Gasteiger partial charge >= 0.3 is 12.1 Å². The molecular weight excluding hydrogens is 320 g/mol. The zero-order valence-corrected chi connectivity index (χ0v) is 14.1. The van der Waals surface area contributed by atoms with E-state index in [2.05, 4.69) is 10.3 Å². The third-order valence-corrected chi connectivity index (χ3v) is 3.71. The molecule has 1 aromatic carbocycles. The first-order valence-electron chi connectivity index (χ1n) is 8.25. The van der Waals surface area contributed by atoms with Crippen LogP contribution in [0.1, 0.15) is 25.3 Å². The Morgan fingerprint density at radius 1 is 1.20 bits per heavy atom. The third-order valence-electron chi connectivity index (χ3n) is 3.71. The van der Waals surface area contributed by atoms with E-state index in [-0.39, 0.29) is 13.0 Å². The van der Waals surface area contributed by atoms with Gasteiger partial charge in [0.15, 0.2) is 0 Å². The van der Waals surface area contributed by atoms with E-state index in [1.165, 1.54) is 0 Å². The Hall–Kier alpha value is -2.89.